The third kappa shape index (κ3) is 3.04. The van der Waals surface area contributed by atoms with Gasteiger partial charge in [-0.3, -0.25) is 9.36 Å². The lowest BCUT2D eigenvalue weighted by Gasteiger charge is -2.17. The summed E-state index contributed by atoms with van der Waals surface area (Å²) >= 11 is 0. The normalized spacial score (nSPS) is 12.2. The lowest BCUT2D eigenvalue weighted by molar-refractivity contribution is 0.690. The fraction of sp³-hybridized carbons (Fsp3) is 0.130. The van der Waals surface area contributed by atoms with E-state index in [2.05, 4.69) is 19.1 Å². The monoisotopic (exact) mass is 340 g/mol. The van der Waals surface area contributed by atoms with Crippen LogP contribution < -0.4 is 5.56 Å². The summed E-state index contributed by atoms with van der Waals surface area (Å²) in [5.41, 5.74) is 2.83. The SMILES string of the molecule is C[C@H](Cc1nc2ccccc2c(=O)n1-c1ccccc1)c1ccccc1. The van der Waals surface area contributed by atoms with E-state index in [4.69, 9.17) is 4.98 Å². The summed E-state index contributed by atoms with van der Waals surface area (Å²) in [5, 5.41) is 0.646. The maximum absolute atomic E-state index is 13.2. The van der Waals surface area contributed by atoms with Crippen molar-refractivity contribution in [1.82, 2.24) is 9.55 Å². The van der Waals surface area contributed by atoms with Crippen molar-refractivity contribution in [3.05, 3.63) is 107 Å². The molecule has 0 fully saturated rings. The van der Waals surface area contributed by atoms with Gasteiger partial charge in [0.05, 0.1) is 16.6 Å². The number of hydrogen-bond donors (Lipinski definition) is 0. The van der Waals surface area contributed by atoms with Crippen molar-refractivity contribution in [3.8, 4) is 5.69 Å². The van der Waals surface area contributed by atoms with Crippen molar-refractivity contribution < 1.29 is 0 Å². The molecule has 3 heteroatoms. The first-order chi connectivity index (χ1) is 12.7. The summed E-state index contributed by atoms with van der Waals surface area (Å²) in [6, 6.07) is 27.7. The van der Waals surface area contributed by atoms with Gasteiger partial charge in [-0.25, -0.2) is 4.98 Å². The summed E-state index contributed by atoms with van der Waals surface area (Å²) < 4.78 is 1.75. The van der Waals surface area contributed by atoms with Crippen molar-refractivity contribution in [2.24, 2.45) is 0 Å². The van der Waals surface area contributed by atoms with Crippen molar-refractivity contribution in [3.63, 3.8) is 0 Å². The Hall–Kier alpha value is -3.20. The second-order valence-electron chi connectivity index (χ2n) is 6.54. The largest absolute Gasteiger partial charge is 0.268 e. The minimum absolute atomic E-state index is 0.0166. The number of rotatable bonds is 4. The van der Waals surface area contributed by atoms with Gasteiger partial charge in [-0.1, -0.05) is 67.6 Å². The molecule has 3 nitrogen and oxygen atoms in total. The van der Waals surface area contributed by atoms with Crippen molar-refractivity contribution in [2.45, 2.75) is 19.3 Å². The van der Waals surface area contributed by atoms with Crippen LogP contribution in [0.5, 0.6) is 0 Å². The van der Waals surface area contributed by atoms with Gasteiger partial charge in [0.15, 0.2) is 0 Å². The van der Waals surface area contributed by atoms with E-state index in [1.54, 1.807) is 4.57 Å². The topological polar surface area (TPSA) is 34.9 Å². The molecule has 0 bridgehead atoms. The second-order valence-corrected chi connectivity index (χ2v) is 6.54. The molecule has 1 aromatic heterocycles. The number of benzene rings is 3. The van der Waals surface area contributed by atoms with Crippen molar-refractivity contribution in [2.75, 3.05) is 0 Å². The molecule has 128 valence electrons. The van der Waals surface area contributed by atoms with Crippen LogP contribution in [0.2, 0.25) is 0 Å². The Morgan fingerprint density at radius 1 is 0.846 bits per heavy atom. The van der Waals surface area contributed by atoms with Crippen LogP contribution in [-0.4, -0.2) is 9.55 Å². The number of hydrogen-bond acceptors (Lipinski definition) is 2. The minimum Gasteiger partial charge on any atom is -0.268 e. The van der Waals surface area contributed by atoms with Crippen LogP contribution >= 0.6 is 0 Å². The average molecular weight is 340 g/mol. The molecular weight excluding hydrogens is 320 g/mol. The molecule has 0 N–H and O–H groups in total. The smallest absolute Gasteiger partial charge is 0.265 e. The van der Waals surface area contributed by atoms with Gasteiger partial charge in [0, 0.05) is 6.42 Å². The van der Waals surface area contributed by atoms with E-state index in [-0.39, 0.29) is 11.5 Å². The first-order valence-corrected chi connectivity index (χ1v) is 8.85. The molecule has 0 amide bonds. The highest BCUT2D eigenvalue weighted by molar-refractivity contribution is 5.77. The van der Waals surface area contributed by atoms with Gasteiger partial charge in [-0.15, -0.1) is 0 Å². The van der Waals surface area contributed by atoms with Gasteiger partial charge >= 0.3 is 0 Å². The molecule has 4 aromatic rings. The molecule has 3 aromatic carbocycles. The Balaban J connectivity index is 1.88. The number of para-hydroxylation sites is 2. The molecule has 4 rings (SSSR count). The third-order valence-electron chi connectivity index (χ3n) is 4.72. The van der Waals surface area contributed by atoms with Crippen LogP contribution in [0.3, 0.4) is 0 Å². The van der Waals surface area contributed by atoms with E-state index < -0.39 is 0 Å². The van der Waals surface area contributed by atoms with Gasteiger partial charge < -0.3 is 0 Å². The fourth-order valence-corrected chi connectivity index (χ4v) is 3.33. The quantitative estimate of drug-likeness (QED) is 0.538. The lowest BCUT2D eigenvalue weighted by Crippen LogP contribution is -2.24. The van der Waals surface area contributed by atoms with Gasteiger partial charge in [0.25, 0.3) is 5.56 Å². The average Bonchev–Trinajstić information content (AvgIpc) is 2.69. The van der Waals surface area contributed by atoms with Gasteiger partial charge in [-0.05, 0) is 35.7 Å². The van der Waals surface area contributed by atoms with Crippen LogP contribution in [0.1, 0.15) is 24.2 Å². The molecule has 1 atom stereocenters. The zero-order chi connectivity index (χ0) is 17.9. The van der Waals surface area contributed by atoms with E-state index >= 15 is 0 Å². The van der Waals surface area contributed by atoms with E-state index in [9.17, 15) is 4.79 Å². The molecule has 0 radical (unpaired) electrons. The predicted molar refractivity (Wildman–Crippen MR) is 106 cm³/mol. The van der Waals surface area contributed by atoms with E-state index in [1.165, 1.54) is 5.56 Å². The zero-order valence-corrected chi connectivity index (χ0v) is 14.7. The summed E-state index contributed by atoms with van der Waals surface area (Å²) in [4.78, 5) is 18.0. The molecule has 0 aliphatic rings. The Morgan fingerprint density at radius 3 is 2.19 bits per heavy atom. The van der Waals surface area contributed by atoms with Crippen LogP contribution in [0.4, 0.5) is 0 Å². The predicted octanol–water partition coefficient (Wildman–Crippen LogP) is 4.73. The highest BCUT2D eigenvalue weighted by Gasteiger charge is 2.16. The number of aromatic nitrogens is 2. The standard InChI is InChI=1S/C23H20N2O/c1-17(18-10-4-2-5-11-18)16-22-24-21-15-9-8-14-20(21)23(26)25(22)19-12-6-3-7-13-19/h2-15,17H,16H2,1H3/t17-/m1/s1. The second kappa shape index (κ2) is 6.96. The summed E-state index contributed by atoms with van der Waals surface area (Å²) in [6.07, 6.45) is 0.693. The maximum atomic E-state index is 13.2. The van der Waals surface area contributed by atoms with E-state index in [1.807, 2.05) is 72.8 Å². The zero-order valence-electron chi connectivity index (χ0n) is 14.7. The summed E-state index contributed by atoms with van der Waals surface area (Å²) in [7, 11) is 0. The maximum Gasteiger partial charge on any atom is 0.265 e. The Labute approximate surface area is 152 Å². The number of nitrogens with zero attached hydrogens (tertiary/aromatic N) is 2. The Kier molecular flexibility index (Phi) is 4.36. The molecule has 0 unspecified atom stereocenters. The van der Waals surface area contributed by atoms with Crippen molar-refractivity contribution >= 4 is 10.9 Å². The molecule has 0 aliphatic heterocycles. The first kappa shape index (κ1) is 16.3. The van der Waals surface area contributed by atoms with Crippen molar-refractivity contribution in [1.29, 1.82) is 0 Å². The summed E-state index contributed by atoms with van der Waals surface area (Å²) in [5.74, 6) is 1.05. The molecular formula is C23H20N2O. The molecule has 0 saturated carbocycles. The van der Waals surface area contributed by atoms with Crippen LogP contribution in [0, 0.1) is 0 Å². The van der Waals surface area contributed by atoms with Gasteiger partial charge in [-0.2, -0.15) is 0 Å². The lowest BCUT2D eigenvalue weighted by atomic mass is 9.97. The Morgan fingerprint density at radius 2 is 1.46 bits per heavy atom. The number of fused-ring (bicyclic) bond motifs is 1. The third-order valence-corrected chi connectivity index (χ3v) is 4.72. The fourth-order valence-electron chi connectivity index (χ4n) is 3.33. The molecule has 0 spiro atoms. The van der Waals surface area contributed by atoms with Crippen LogP contribution in [-0.2, 0) is 6.42 Å². The minimum atomic E-state index is -0.0166. The van der Waals surface area contributed by atoms with Gasteiger partial charge in [0.2, 0.25) is 0 Å². The highest BCUT2D eigenvalue weighted by Crippen LogP contribution is 2.21. The molecule has 26 heavy (non-hydrogen) atoms. The van der Waals surface area contributed by atoms with Crippen LogP contribution in [0.25, 0.3) is 16.6 Å². The summed E-state index contributed by atoms with van der Waals surface area (Å²) in [6.45, 7) is 2.17. The first-order valence-electron chi connectivity index (χ1n) is 8.85. The van der Waals surface area contributed by atoms with Crippen LogP contribution in [0.15, 0.2) is 89.7 Å². The molecule has 1 heterocycles. The molecule has 0 saturated heterocycles. The van der Waals surface area contributed by atoms with E-state index in [0.29, 0.717) is 11.8 Å². The van der Waals surface area contributed by atoms with E-state index in [0.717, 1.165) is 17.0 Å². The highest BCUT2D eigenvalue weighted by atomic mass is 16.1. The van der Waals surface area contributed by atoms with Gasteiger partial charge in [0.1, 0.15) is 5.82 Å². The Bertz CT molecular complexity index is 1090. The molecule has 0 aliphatic carbocycles.